The van der Waals surface area contributed by atoms with Gasteiger partial charge in [-0.15, -0.1) is 0 Å². The number of likely N-dealkylation sites (N-methyl/N-ethyl adjacent to an activating group) is 1. The molecule has 3 aliphatic heterocycles. The summed E-state index contributed by atoms with van der Waals surface area (Å²) in [4.78, 5) is 65.1. The molecule has 1 saturated carbocycles. The molecule has 6 N–H and O–H groups in total. The number of ether oxygens (including phenoxy) is 2. The number of benzene rings is 3. The maximum Gasteiger partial charge on any atom is 0.262 e. The van der Waals surface area contributed by atoms with Gasteiger partial charge in [0.1, 0.15) is 47.5 Å². The second-order valence-corrected chi connectivity index (χ2v) is 16.2. The van der Waals surface area contributed by atoms with E-state index >= 15 is 0 Å². The molecule has 1 aromatic heterocycles. The van der Waals surface area contributed by atoms with E-state index in [1.54, 1.807) is 18.2 Å². The number of nitrogens with two attached hydrogens (primary N) is 2. The van der Waals surface area contributed by atoms with Crippen molar-refractivity contribution in [2.24, 2.45) is 5.73 Å². The molecule has 60 heavy (non-hydrogen) atoms. The van der Waals surface area contributed by atoms with Gasteiger partial charge in [-0.3, -0.25) is 29.1 Å². The molecule has 314 valence electrons. The van der Waals surface area contributed by atoms with Crippen LogP contribution in [0.25, 0.3) is 0 Å². The number of carbonyl (C=O) groups excluding carboxylic acids is 4. The molecule has 3 fully saturated rings. The van der Waals surface area contributed by atoms with Crippen LogP contribution in [0, 0.1) is 0 Å². The standard InChI is InChI=1S/C45H53N9O6/c1-48-43(56)38(8-5-23-55)54-44(57)36-18-17-35(24-37(36)45(54)58)60-34-15-11-30(12-16-34)53-25-31(26-53)52-21-19-29(20-22-52)51-42-39(41(47)49-27-50-42)40(46)28-9-13-33(14-10-28)59-32-6-3-2-4-7-32/h2-4,6-7,9-10,13-14,17-18,23-24,27,29-31,34,38,40H,5,8,11-12,15-16,19-22,25-26,46H2,1H3,(H,48,56)(H3,47,49,50,51). The highest BCUT2D eigenvalue weighted by molar-refractivity contribution is 6.23. The van der Waals surface area contributed by atoms with E-state index in [9.17, 15) is 19.2 Å². The van der Waals surface area contributed by atoms with Crippen LogP contribution in [0.2, 0.25) is 0 Å². The van der Waals surface area contributed by atoms with E-state index in [0.717, 1.165) is 86.7 Å². The minimum absolute atomic E-state index is 0.0119. The molecule has 4 heterocycles. The third kappa shape index (κ3) is 8.69. The number of piperidine rings is 1. The highest BCUT2D eigenvalue weighted by Gasteiger charge is 2.43. The van der Waals surface area contributed by atoms with Gasteiger partial charge in [0.15, 0.2) is 0 Å². The van der Waals surface area contributed by atoms with Crippen LogP contribution < -0.4 is 31.6 Å². The van der Waals surface area contributed by atoms with E-state index in [-0.39, 0.29) is 36.1 Å². The summed E-state index contributed by atoms with van der Waals surface area (Å²) in [5.74, 6) is 1.50. The Morgan fingerprint density at radius 2 is 1.53 bits per heavy atom. The highest BCUT2D eigenvalue weighted by Crippen LogP contribution is 2.35. The molecular weight excluding hydrogens is 763 g/mol. The van der Waals surface area contributed by atoms with Crippen molar-refractivity contribution in [3.05, 3.63) is 101 Å². The van der Waals surface area contributed by atoms with Crippen molar-refractivity contribution in [1.29, 1.82) is 0 Å². The molecule has 2 unspecified atom stereocenters. The van der Waals surface area contributed by atoms with Gasteiger partial charge in [0.2, 0.25) is 5.91 Å². The zero-order valence-electron chi connectivity index (χ0n) is 33.9. The summed E-state index contributed by atoms with van der Waals surface area (Å²) in [5.41, 5.74) is 15.2. The number of nitrogen functional groups attached to an aromatic ring is 1. The average molecular weight is 816 g/mol. The molecule has 4 aromatic rings. The number of hydrogen-bond acceptors (Lipinski definition) is 13. The van der Waals surface area contributed by atoms with Gasteiger partial charge < -0.3 is 36.4 Å². The number of anilines is 2. The fraction of sp³-hybridized carbons (Fsp3) is 0.422. The van der Waals surface area contributed by atoms with Crippen molar-refractivity contribution in [3.8, 4) is 17.2 Å². The van der Waals surface area contributed by atoms with Crippen LogP contribution in [0.3, 0.4) is 0 Å². The van der Waals surface area contributed by atoms with Gasteiger partial charge in [-0.05, 0) is 93.0 Å². The van der Waals surface area contributed by atoms with E-state index in [4.69, 9.17) is 20.9 Å². The number of likely N-dealkylation sites (tertiary alicyclic amines) is 2. The van der Waals surface area contributed by atoms with Gasteiger partial charge in [-0.25, -0.2) is 9.97 Å². The van der Waals surface area contributed by atoms with Crippen LogP contribution in [0.15, 0.2) is 79.1 Å². The Morgan fingerprint density at radius 3 is 2.23 bits per heavy atom. The Hall–Kier alpha value is -5.90. The number of rotatable bonds is 15. The topological polar surface area (TPSA) is 198 Å². The fourth-order valence-corrected chi connectivity index (χ4v) is 9.07. The first-order valence-electron chi connectivity index (χ1n) is 21.0. The number of fused-ring (bicyclic) bond motifs is 1. The number of aldehydes is 1. The van der Waals surface area contributed by atoms with Crippen LogP contribution >= 0.6 is 0 Å². The first-order valence-corrected chi connectivity index (χ1v) is 21.0. The van der Waals surface area contributed by atoms with Gasteiger partial charge in [0.25, 0.3) is 11.8 Å². The highest BCUT2D eigenvalue weighted by atomic mass is 16.5. The summed E-state index contributed by atoms with van der Waals surface area (Å²) in [6, 6.07) is 22.0. The van der Waals surface area contributed by atoms with Crippen LogP contribution in [0.1, 0.15) is 89.3 Å². The maximum absolute atomic E-state index is 13.4. The number of nitrogens with zero attached hydrogens (tertiary/aromatic N) is 5. The van der Waals surface area contributed by atoms with Gasteiger partial charge in [-0.2, -0.15) is 0 Å². The van der Waals surface area contributed by atoms with Crippen molar-refractivity contribution in [2.75, 3.05) is 44.3 Å². The lowest BCUT2D eigenvalue weighted by atomic mass is 9.88. The van der Waals surface area contributed by atoms with E-state index in [2.05, 4.69) is 30.4 Å². The number of para-hydroxylation sites is 1. The molecular formula is C45H53N9O6. The minimum atomic E-state index is -1.05. The predicted molar refractivity (Wildman–Crippen MR) is 226 cm³/mol. The van der Waals surface area contributed by atoms with Gasteiger partial charge >= 0.3 is 0 Å². The number of aromatic nitrogens is 2. The Bertz CT molecular complexity index is 2170. The molecule has 8 rings (SSSR count). The molecule has 2 atom stereocenters. The van der Waals surface area contributed by atoms with Crippen molar-refractivity contribution in [3.63, 3.8) is 0 Å². The Balaban J connectivity index is 0.781. The molecule has 1 aliphatic carbocycles. The lowest BCUT2D eigenvalue weighted by Gasteiger charge is -2.51. The van der Waals surface area contributed by atoms with Crippen LogP contribution in [0.4, 0.5) is 11.6 Å². The third-order valence-corrected chi connectivity index (χ3v) is 12.5. The summed E-state index contributed by atoms with van der Waals surface area (Å²) in [6.45, 7) is 4.12. The lowest BCUT2D eigenvalue weighted by molar-refractivity contribution is -0.124. The van der Waals surface area contributed by atoms with Crippen molar-refractivity contribution >= 4 is 35.6 Å². The monoisotopic (exact) mass is 815 g/mol. The molecule has 15 heteroatoms. The Morgan fingerprint density at radius 1 is 0.850 bits per heavy atom. The molecule has 15 nitrogen and oxygen atoms in total. The molecule has 0 spiro atoms. The Labute approximate surface area is 349 Å². The Kier molecular flexibility index (Phi) is 12.4. The van der Waals surface area contributed by atoms with E-state index < -0.39 is 29.8 Å². The minimum Gasteiger partial charge on any atom is -0.490 e. The average Bonchev–Trinajstić information content (AvgIpc) is 3.49. The zero-order chi connectivity index (χ0) is 41.8. The molecule has 2 saturated heterocycles. The zero-order valence-corrected chi connectivity index (χ0v) is 33.9. The normalized spacial score (nSPS) is 21.1. The number of imide groups is 1. The van der Waals surface area contributed by atoms with Crippen LogP contribution in [-0.4, -0.2) is 112 Å². The second-order valence-electron chi connectivity index (χ2n) is 16.2. The molecule has 3 aromatic carbocycles. The number of nitrogens with one attached hydrogen (secondary N) is 2. The van der Waals surface area contributed by atoms with Crippen LogP contribution in [0.5, 0.6) is 17.2 Å². The first kappa shape index (κ1) is 40.9. The maximum atomic E-state index is 13.4. The lowest BCUT2D eigenvalue weighted by Crippen LogP contribution is -2.64. The van der Waals surface area contributed by atoms with Crippen LogP contribution in [-0.2, 0) is 9.59 Å². The number of carbonyl (C=O) groups is 4. The number of hydrogen-bond donors (Lipinski definition) is 4. The number of amides is 3. The van der Waals surface area contributed by atoms with E-state index in [1.165, 1.54) is 13.4 Å². The van der Waals surface area contributed by atoms with E-state index in [0.29, 0.717) is 41.3 Å². The van der Waals surface area contributed by atoms with Gasteiger partial charge in [0.05, 0.1) is 28.8 Å². The molecule has 3 amide bonds. The molecule has 0 bridgehead atoms. The quantitative estimate of drug-likeness (QED) is 0.0965. The first-order chi connectivity index (χ1) is 29.2. The van der Waals surface area contributed by atoms with E-state index in [1.807, 2.05) is 54.6 Å². The van der Waals surface area contributed by atoms with Crippen molar-refractivity contribution in [1.82, 2.24) is 30.0 Å². The molecule has 0 radical (unpaired) electrons. The fourth-order valence-electron chi connectivity index (χ4n) is 9.07. The summed E-state index contributed by atoms with van der Waals surface area (Å²) < 4.78 is 12.3. The largest absolute Gasteiger partial charge is 0.490 e. The smallest absolute Gasteiger partial charge is 0.262 e. The molecule has 4 aliphatic rings. The third-order valence-electron chi connectivity index (χ3n) is 12.5. The van der Waals surface area contributed by atoms with Crippen molar-refractivity contribution < 1.29 is 28.7 Å². The predicted octanol–water partition coefficient (Wildman–Crippen LogP) is 4.54. The summed E-state index contributed by atoms with van der Waals surface area (Å²) >= 11 is 0. The van der Waals surface area contributed by atoms with Crippen molar-refractivity contribution in [2.45, 2.75) is 87.7 Å². The SMILES string of the molecule is CNC(=O)C(CCC=O)N1C(=O)c2ccc(OC3CCC(N4CC(N5CCC(Nc6ncnc(N)c6C(N)c6ccc(Oc7ccccc7)cc6)CC5)C4)CC3)cc2C1=O. The summed E-state index contributed by atoms with van der Waals surface area (Å²) in [6.07, 6.45) is 8.13. The summed E-state index contributed by atoms with van der Waals surface area (Å²) in [5, 5.41) is 6.15. The van der Waals surface area contributed by atoms with Gasteiger partial charge in [0, 0.05) is 57.8 Å². The van der Waals surface area contributed by atoms with Gasteiger partial charge in [-0.1, -0.05) is 30.3 Å². The second kappa shape index (κ2) is 18.2. The summed E-state index contributed by atoms with van der Waals surface area (Å²) in [7, 11) is 1.44.